The number of halogens is 4. The van der Waals surface area contributed by atoms with Gasteiger partial charge in [-0.2, -0.15) is 13.2 Å². The fourth-order valence-corrected chi connectivity index (χ4v) is 6.01. The van der Waals surface area contributed by atoms with Crippen LogP contribution in [0.15, 0.2) is 76.5 Å². The monoisotopic (exact) mass is 496 g/mol. The topological polar surface area (TPSA) is 59.1 Å². The maximum atomic E-state index is 13.2. The highest BCUT2D eigenvalue weighted by molar-refractivity contribution is 7.99. The Bertz CT molecular complexity index is 1400. The summed E-state index contributed by atoms with van der Waals surface area (Å²) in [5.41, 5.74) is -0.750. The Morgan fingerprint density at radius 1 is 1.00 bits per heavy atom. The average molecular weight is 497 g/mol. The molecule has 0 saturated heterocycles. The molecule has 0 aliphatic carbocycles. The largest absolute Gasteiger partial charge is 0.433 e. The number of benzene rings is 3. The minimum atomic E-state index is -4.57. The number of alkyl halides is 3. The second-order valence-corrected chi connectivity index (χ2v) is 10.1. The van der Waals surface area contributed by atoms with Gasteiger partial charge in [-0.15, -0.1) is 11.8 Å². The molecule has 0 spiro atoms. The van der Waals surface area contributed by atoms with Crippen LogP contribution in [0.1, 0.15) is 5.69 Å². The second kappa shape index (κ2) is 8.90. The summed E-state index contributed by atoms with van der Waals surface area (Å²) in [5, 5.41) is 2.01. The zero-order chi connectivity index (χ0) is 22.9. The lowest BCUT2D eigenvalue weighted by Gasteiger charge is -2.12. The third-order valence-electron chi connectivity index (χ3n) is 4.73. The molecule has 4 nitrogen and oxygen atoms in total. The molecule has 4 aromatic rings. The molecule has 32 heavy (non-hydrogen) atoms. The van der Waals surface area contributed by atoms with Crippen LogP contribution in [0, 0.1) is 0 Å². The van der Waals surface area contributed by atoms with Crippen LogP contribution in [-0.4, -0.2) is 25.7 Å². The third-order valence-corrected chi connectivity index (χ3v) is 7.60. The number of pyridine rings is 1. The molecule has 10 heteroatoms. The molecule has 166 valence electrons. The molecule has 1 N–H and O–H groups in total. The predicted molar refractivity (Wildman–Crippen MR) is 122 cm³/mol. The van der Waals surface area contributed by atoms with Crippen molar-refractivity contribution in [3.63, 3.8) is 0 Å². The molecule has 0 fully saturated rings. The summed E-state index contributed by atoms with van der Waals surface area (Å²) in [6.07, 6.45) is -4.57. The molecule has 0 aliphatic rings. The Labute approximate surface area is 191 Å². The van der Waals surface area contributed by atoms with Crippen molar-refractivity contribution in [3.8, 4) is 0 Å². The first-order valence-electron chi connectivity index (χ1n) is 9.43. The minimum Gasteiger partial charge on any atom is -0.243 e. The minimum absolute atomic E-state index is 0.0197. The van der Waals surface area contributed by atoms with E-state index in [4.69, 9.17) is 11.6 Å². The quantitative estimate of drug-likeness (QED) is 0.257. The molecule has 3 aromatic carbocycles. The van der Waals surface area contributed by atoms with Crippen molar-refractivity contribution in [2.45, 2.75) is 16.0 Å². The van der Waals surface area contributed by atoms with Gasteiger partial charge in [-0.05, 0) is 29.7 Å². The Hall–Kier alpha value is -2.33. The first-order valence-corrected chi connectivity index (χ1v) is 12.3. The van der Waals surface area contributed by atoms with Crippen LogP contribution in [0.5, 0.6) is 0 Å². The summed E-state index contributed by atoms with van der Waals surface area (Å²) in [6, 6.07) is 17.5. The Morgan fingerprint density at radius 2 is 1.72 bits per heavy atom. The van der Waals surface area contributed by atoms with Crippen LogP contribution in [0.2, 0.25) is 5.02 Å². The lowest BCUT2D eigenvalue weighted by molar-refractivity contribution is -0.141. The van der Waals surface area contributed by atoms with E-state index < -0.39 is 21.9 Å². The van der Waals surface area contributed by atoms with Gasteiger partial charge in [0, 0.05) is 33.0 Å². The van der Waals surface area contributed by atoms with E-state index in [-0.39, 0.29) is 22.7 Å². The van der Waals surface area contributed by atoms with Gasteiger partial charge < -0.3 is 0 Å². The summed E-state index contributed by atoms with van der Waals surface area (Å²) in [4.78, 5) is 4.13. The van der Waals surface area contributed by atoms with Crippen molar-refractivity contribution in [1.29, 1.82) is 0 Å². The van der Waals surface area contributed by atoms with Crippen LogP contribution in [0.3, 0.4) is 0 Å². The van der Waals surface area contributed by atoms with Gasteiger partial charge in [-0.1, -0.05) is 54.1 Å². The standard InChI is InChI=1S/C22H16ClF3N2O2S2/c23-16-8-3-5-14-6-4-10-19(21(14)16)32(29,30)27-11-12-31-18-13-20(22(24,25)26)28-17-9-2-1-7-15(17)18/h1-10,13,27H,11-12H2. The zero-order valence-corrected chi connectivity index (χ0v) is 18.7. The van der Waals surface area contributed by atoms with Crippen LogP contribution in [0.4, 0.5) is 13.2 Å². The number of para-hydroxylation sites is 1. The SMILES string of the molecule is O=S(=O)(NCCSc1cc(C(F)(F)F)nc2ccccc12)c1cccc2cccc(Cl)c12. The van der Waals surface area contributed by atoms with Crippen LogP contribution >= 0.6 is 23.4 Å². The smallest absolute Gasteiger partial charge is 0.243 e. The molecular weight excluding hydrogens is 481 g/mol. The van der Waals surface area contributed by atoms with Crippen molar-refractivity contribution in [1.82, 2.24) is 9.71 Å². The molecule has 4 rings (SSSR count). The normalized spacial score (nSPS) is 12.5. The van der Waals surface area contributed by atoms with E-state index in [1.807, 2.05) is 0 Å². The van der Waals surface area contributed by atoms with Gasteiger partial charge >= 0.3 is 6.18 Å². The average Bonchev–Trinajstić information content (AvgIpc) is 2.75. The van der Waals surface area contributed by atoms with Crippen molar-refractivity contribution >= 4 is 55.1 Å². The Kier molecular flexibility index (Phi) is 6.35. The summed E-state index contributed by atoms with van der Waals surface area (Å²) < 4.78 is 67.9. The lowest BCUT2D eigenvalue weighted by Crippen LogP contribution is -2.26. The third kappa shape index (κ3) is 4.71. The number of aromatic nitrogens is 1. The van der Waals surface area contributed by atoms with Crippen molar-refractivity contribution in [2.24, 2.45) is 0 Å². The van der Waals surface area contributed by atoms with Gasteiger partial charge in [0.15, 0.2) is 0 Å². The number of rotatable bonds is 6. The highest BCUT2D eigenvalue weighted by Gasteiger charge is 2.33. The van der Waals surface area contributed by atoms with Crippen LogP contribution in [-0.2, 0) is 16.2 Å². The molecule has 0 radical (unpaired) electrons. The molecule has 0 aliphatic heterocycles. The number of thioether (sulfide) groups is 1. The van der Waals surface area contributed by atoms with E-state index in [9.17, 15) is 21.6 Å². The zero-order valence-electron chi connectivity index (χ0n) is 16.4. The Morgan fingerprint density at radius 3 is 2.47 bits per heavy atom. The van der Waals surface area contributed by atoms with Crippen molar-refractivity contribution < 1.29 is 21.6 Å². The summed E-state index contributed by atoms with van der Waals surface area (Å²) in [7, 11) is -3.88. The maximum absolute atomic E-state index is 13.2. The highest BCUT2D eigenvalue weighted by Crippen LogP contribution is 2.35. The Balaban J connectivity index is 1.53. The van der Waals surface area contributed by atoms with Gasteiger partial charge in [-0.25, -0.2) is 18.1 Å². The fourth-order valence-electron chi connectivity index (χ4n) is 3.31. The van der Waals surface area contributed by atoms with Gasteiger partial charge in [0.05, 0.1) is 10.4 Å². The maximum Gasteiger partial charge on any atom is 0.433 e. The van der Waals surface area contributed by atoms with Gasteiger partial charge in [0.1, 0.15) is 5.69 Å². The van der Waals surface area contributed by atoms with Crippen molar-refractivity contribution in [2.75, 3.05) is 12.3 Å². The second-order valence-electron chi connectivity index (χ2n) is 6.86. The number of hydrogen-bond acceptors (Lipinski definition) is 4. The van der Waals surface area contributed by atoms with Crippen molar-refractivity contribution in [3.05, 3.63) is 77.4 Å². The molecule has 0 saturated carbocycles. The van der Waals surface area contributed by atoms with E-state index in [1.54, 1.807) is 48.5 Å². The fraction of sp³-hybridized carbons (Fsp3) is 0.136. The lowest BCUT2D eigenvalue weighted by atomic mass is 10.1. The van der Waals surface area contributed by atoms with E-state index in [2.05, 4.69) is 9.71 Å². The van der Waals surface area contributed by atoms with Crippen LogP contribution in [0.25, 0.3) is 21.7 Å². The summed E-state index contributed by atoms with van der Waals surface area (Å²) in [5.74, 6) is 0.225. The van der Waals surface area contributed by atoms with E-state index in [0.717, 1.165) is 17.8 Å². The van der Waals surface area contributed by atoms with Crippen LogP contribution < -0.4 is 4.72 Å². The molecule has 0 atom stereocenters. The highest BCUT2D eigenvalue weighted by atomic mass is 35.5. The van der Waals surface area contributed by atoms with Gasteiger partial charge in [0.2, 0.25) is 10.0 Å². The van der Waals surface area contributed by atoms with Gasteiger partial charge in [0.25, 0.3) is 0 Å². The van der Waals surface area contributed by atoms with Gasteiger partial charge in [-0.3, -0.25) is 0 Å². The first-order chi connectivity index (χ1) is 15.2. The summed E-state index contributed by atoms with van der Waals surface area (Å²) >= 11 is 7.35. The van der Waals surface area contributed by atoms with E-state index in [1.165, 1.54) is 12.1 Å². The number of nitrogens with zero attached hydrogens (tertiary/aromatic N) is 1. The number of fused-ring (bicyclic) bond motifs is 2. The predicted octanol–water partition coefficient (Wildman–Crippen LogP) is 6.13. The molecule has 0 unspecified atom stereocenters. The summed E-state index contributed by atoms with van der Waals surface area (Å²) in [6.45, 7) is 0.0197. The molecule has 1 aromatic heterocycles. The molecule has 0 amide bonds. The molecular formula is C22H16ClF3N2O2S2. The molecule has 1 heterocycles. The van der Waals surface area contributed by atoms with E-state index >= 15 is 0 Å². The number of sulfonamides is 1. The number of nitrogens with one attached hydrogen (secondary N) is 1. The first kappa shape index (κ1) is 22.8. The van der Waals surface area contributed by atoms with E-state index in [0.29, 0.717) is 26.1 Å². The number of hydrogen-bond donors (Lipinski definition) is 1. The molecule has 0 bridgehead atoms.